The second-order valence-electron chi connectivity index (χ2n) is 4.36. The van der Waals surface area contributed by atoms with E-state index >= 15 is 0 Å². The number of hydrogen-bond donors (Lipinski definition) is 1. The molecule has 1 aliphatic heterocycles. The van der Waals surface area contributed by atoms with Crippen molar-refractivity contribution in [3.63, 3.8) is 0 Å². The second kappa shape index (κ2) is 5.11. The van der Waals surface area contributed by atoms with Crippen LogP contribution in [0.1, 0.15) is 24.8 Å². The highest BCUT2D eigenvalue weighted by atomic mass is 32.2. The van der Waals surface area contributed by atoms with Gasteiger partial charge >= 0.3 is 0 Å². The summed E-state index contributed by atoms with van der Waals surface area (Å²) in [6.45, 7) is 3.01. The summed E-state index contributed by atoms with van der Waals surface area (Å²) in [7, 11) is 1.72. The first-order valence-electron chi connectivity index (χ1n) is 5.77. The monoisotopic (exact) mass is 237 g/mol. The van der Waals surface area contributed by atoms with Crippen LogP contribution in [0.5, 0.6) is 5.75 Å². The fraction of sp³-hybridized carbons (Fsp3) is 0.538. The molecule has 0 amide bonds. The number of hydrogen-bond acceptors (Lipinski definition) is 3. The fourth-order valence-corrected chi connectivity index (χ4v) is 3.46. The molecule has 2 atom stereocenters. The minimum atomic E-state index is 0.563. The van der Waals surface area contributed by atoms with Crippen molar-refractivity contribution < 1.29 is 4.74 Å². The Bertz CT molecular complexity index is 367. The van der Waals surface area contributed by atoms with Crippen LogP contribution in [0.2, 0.25) is 0 Å². The molecule has 0 radical (unpaired) electrons. The summed E-state index contributed by atoms with van der Waals surface area (Å²) in [6, 6.07) is 6.41. The van der Waals surface area contributed by atoms with Gasteiger partial charge in [-0.25, -0.2) is 0 Å². The van der Waals surface area contributed by atoms with Gasteiger partial charge in [-0.3, -0.25) is 0 Å². The first-order chi connectivity index (χ1) is 7.76. The van der Waals surface area contributed by atoms with Crippen LogP contribution in [0.25, 0.3) is 0 Å². The van der Waals surface area contributed by atoms with E-state index in [1.807, 2.05) is 11.8 Å². The molecule has 3 heteroatoms. The summed E-state index contributed by atoms with van der Waals surface area (Å²) in [5.41, 5.74) is 7.24. The highest BCUT2D eigenvalue weighted by Crippen LogP contribution is 2.42. The lowest BCUT2D eigenvalue weighted by atomic mass is 9.85. The number of rotatable bonds is 3. The number of nitrogens with two attached hydrogens (primary N) is 1. The van der Waals surface area contributed by atoms with Crippen molar-refractivity contribution in [1.29, 1.82) is 0 Å². The topological polar surface area (TPSA) is 35.2 Å². The van der Waals surface area contributed by atoms with Crippen LogP contribution in [-0.4, -0.2) is 19.4 Å². The number of thioether (sulfide) groups is 1. The maximum absolute atomic E-state index is 5.78. The molecule has 16 heavy (non-hydrogen) atoms. The molecule has 1 aromatic carbocycles. The molecule has 1 heterocycles. The van der Waals surface area contributed by atoms with Crippen LogP contribution in [0.3, 0.4) is 0 Å². The molecule has 1 aliphatic rings. The first kappa shape index (κ1) is 11.8. The van der Waals surface area contributed by atoms with Gasteiger partial charge in [0.05, 0.1) is 7.11 Å². The molecule has 2 nitrogen and oxygen atoms in total. The molecule has 2 N–H and O–H groups in total. The van der Waals surface area contributed by atoms with Crippen LogP contribution in [0.4, 0.5) is 0 Å². The Labute approximate surface area is 102 Å². The molecule has 0 saturated carbocycles. The maximum Gasteiger partial charge on any atom is 0.119 e. The van der Waals surface area contributed by atoms with Gasteiger partial charge in [-0.05, 0) is 48.3 Å². The minimum Gasteiger partial charge on any atom is -0.497 e. The minimum absolute atomic E-state index is 0.563. The molecule has 0 aromatic heterocycles. The van der Waals surface area contributed by atoms with Gasteiger partial charge in [-0.1, -0.05) is 13.0 Å². The van der Waals surface area contributed by atoms with Gasteiger partial charge in [-0.2, -0.15) is 0 Å². The van der Waals surface area contributed by atoms with Gasteiger partial charge in [-0.15, -0.1) is 11.8 Å². The normalized spacial score (nSPS) is 21.3. The molecule has 1 aromatic rings. The largest absolute Gasteiger partial charge is 0.497 e. The standard InChI is InChI=1S/C13H19NOS/c1-9(8-14)11-5-6-16-13-7-10(15-2)3-4-12(11)13/h3-4,7,9,11H,5-6,8,14H2,1-2H3. The van der Waals surface area contributed by atoms with E-state index in [1.165, 1.54) is 22.6 Å². The summed E-state index contributed by atoms with van der Waals surface area (Å²) in [4.78, 5) is 1.37. The zero-order valence-corrected chi connectivity index (χ0v) is 10.7. The first-order valence-corrected chi connectivity index (χ1v) is 6.75. The molecule has 2 rings (SSSR count). The van der Waals surface area contributed by atoms with Gasteiger partial charge in [0.15, 0.2) is 0 Å². The molecular weight excluding hydrogens is 218 g/mol. The highest BCUT2D eigenvalue weighted by molar-refractivity contribution is 7.99. The van der Waals surface area contributed by atoms with Gasteiger partial charge in [0, 0.05) is 4.90 Å². The van der Waals surface area contributed by atoms with Crippen molar-refractivity contribution in [2.24, 2.45) is 11.7 Å². The summed E-state index contributed by atoms with van der Waals surface area (Å²) < 4.78 is 5.26. The van der Waals surface area contributed by atoms with E-state index in [-0.39, 0.29) is 0 Å². The SMILES string of the molecule is COc1ccc2c(c1)SCCC2C(C)CN. The third-order valence-electron chi connectivity index (χ3n) is 3.37. The van der Waals surface area contributed by atoms with Gasteiger partial charge < -0.3 is 10.5 Å². The Hall–Kier alpha value is -0.670. The van der Waals surface area contributed by atoms with Crippen LogP contribution in [-0.2, 0) is 0 Å². The van der Waals surface area contributed by atoms with Gasteiger partial charge in [0.1, 0.15) is 5.75 Å². The predicted octanol–water partition coefficient (Wildman–Crippen LogP) is 2.87. The predicted molar refractivity (Wildman–Crippen MR) is 69.3 cm³/mol. The Morgan fingerprint density at radius 1 is 1.56 bits per heavy atom. The van der Waals surface area contributed by atoms with E-state index in [9.17, 15) is 0 Å². The maximum atomic E-state index is 5.78. The summed E-state index contributed by atoms with van der Waals surface area (Å²) in [5, 5.41) is 0. The van der Waals surface area contributed by atoms with E-state index in [2.05, 4.69) is 25.1 Å². The number of ether oxygens (including phenoxy) is 1. The van der Waals surface area contributed by atoms with Gasteiger partial charge in [0.2, 0.25) is 0 Å². The summed E-state index contributed by atoms with van der Waals surface area (Å²) >= 11 is 1.93. The number of methoxy groups -OCH3 is 1. The van der Waals surface area contributed by atoms with E-state index in [0.717, 1.165) is 12.3 Å². The van der Waals surface area contributed by atoms with E-state index in [0.29, 0.717) is 11.8 Å². The van der Waals surface area contributed by atoms with Crippen LogP contribution in [0.15, 0.2) is 23.1 Å². The van der Waals surface area contributed by atoms with Crippen LogP contribution >= 0.6 is 11.8 Å². The van der Waals surface area contributed by atoms with Crippen molar-refractivity contribution in [3.8, 4) is 5.75 Å². The van der Waals surface area contributed by atoms with Crippen molar-refractivity contribution in [1.82, 2.24) is 0 Å². The lowest BCUT2D eigenvalue weighted by Crippen LogP contribution is -2.22. The van der Waals surface area contributed by atoms with Crippen LogP contribution < -0.4 is 10.5 Å². The van der Waals surface area contributed by atoms with Crippen molar-refractivity contribution >= 4 is 11.8 Å². The third kappa shape index (κ3) is 2.20. The summed E-state index contributed by atoms with van der Waals surface area (Å²) in [6.07, 6.45) is 1.24. The Balaban J connectivity index is 2.32. The zero-order valence-electron chi connectivity index (χ0n) is 9.90. The van der Waals surface area contributed by atoms with Crippen molar-refractivity contribution in [2.45, 2.75) is 24.2 Å². The number of fused-ring (bicyclic) bond motifs is 1. The Morgan fingerprint density at radius 2 is 2.38 bits per heavy atom. The van der Waals surface area contributed by atoms with Crippen molar-refractivity contribution in [3.05, 3.63) is 23.8 Å². The molecule has 2 unspecified atom stereocenters. The lowest BCUT2D eigenvalue weighted by Gasteiger charge is -2.29. The third-order valence-corrected chi connectivity index (χ3v) is 4.47. The molecule has 0 bridgehead atoms. The molecule has 0 fully saturated rings. The molecule has 88 valence electrons. The molecule has 0 saturated heterocycles. The fourth-order valence-electron chi connectivity index (χ4n) is 2.28. The molecule has 0 aliphatic carbocycles. The Kier molecular flexibility index (Phi) is 3.77. The lowest BCUT2D eigenvalue weighted by molar-refractivity contribution is 0.410. The van der Waals surface area contributed by atoms with Crippen molar-refractivity contribution in [2.75, 3.05) is 19.4 Å². The quantitative estimate of drug-likeness (QED) is 0.878. The van der Waals surface area contributed by atoms with E-state index in [1.54, 1.807) is 7.11 Å². The average Bonchev–Trinajstić information content (AvgIpc) is 2.36. The molecular formula is C13H19NOS. The highest BCUT2D eigenvalue weighted by Gasteiger charge is 2.25. The Morgan fingerprint density at radius 3 is 3.06 bits per heavy atom. The summed E-state index contributed by atoms with van der Waals surface area (Å²) in [5.74, 6) is 3.32. The molecule has 0 spiro atoms. The van der Waals surface area contributed by atoms with E-state index in [4.69, 9.17) is 10.5 Å². The van der Waals surface area contributed by atoms with E-state index < -0.39 is 0 Å². The number of benzene rings is 1. The average molecular weight is 237 g/mol. The van der Waals surface area contributed by atoms with Gasteiger partial charge in [0.25, 0.3) is 0 Å². The second-order valence-corrected chi connectivity index (χ2v) is 5.50. The van der Waals surface area contributed by atoms with Crippen LogP contribution in [0, 0.1) is 5.92 Å². The zero-order chi connectivity index (χ0) is 11.5. The smallest absolute Gasteiger partial charge is 0.119 e.